The molecule has 1 aliphatic carbocycles. The maximum absolute atomic E-state index is 14.5. The van der Waals surface area contributed by atoms with Gasteiger partial charge in [-0.2, -0.15) is 5.26 Å². The second-order valence-corrected chi connectivity index (χ2v) is 11.6. The minimum absolute atomic E-state index is 0.0728. The Balaban J connectivity index is 1.30. The molecule has 188 valence electrons. The number of likely N-dealkylation sites (tertiary alicyclic amines) is 1. The molecule has 4 unspecified atom stereocenters. The highest BCUT2D eigenvalue weighted by atomic mass is 16.2. The molecule has 0 aromatic heterocycles. The van der Waals surface area contributed by atoms with Gasteiger partial charge in [0, 0.05) is 44.2 Å². The Hall–Kier alpha value is -2.68. The quantitative estimate of drug-likeness (QED) is 0.677. The van der Waals surface area contributed by atoms with E-state index in [0.29, 0.717) is 29.3 Å². The molecule has 2 aromatic rings. The van der Waals surface area contributed by atoms with E-state index in [1.54, 1.807) is 0 Å². The van der Waals surface area contributed by atoms with Crippen LogP contribution in [0.3, 0.4) is 0 Å². The summed E-state index contributed by atoms with van der Waals surface area (Å²) in [6.07, 6.45) is 8.58. The van der Waals surface area contributed by atoms with Crippen molar-refractivity contribution < 1.29 is 4.79 Å². The number of rotatable bonds is 3. The Morgan fingerprint density at radius 2 is 1.81 bits per heavy atom. The molecule has 3 heterocycles. The Labute approximate surface area is 215 Å². The van der Waals surface area contributed by atoms with Gasteiger partial charge < -0.3 is 15.5 Å². The van der Waals surface area contributed by atoms with Gasteiger partial charge in [-0.05, 0) is 66.3 Å². The molecule has 3 aliphatic heterocycles. The van der Waals surface area contributed by atoms with E-state index in [1.165, 1.54) is 48.8 Å². The van der Waals surface area contributed by atoms with Crippen LogP contribution in [0, 0.1) is 23.2 Å². The summed E-state index contributed by atoms with van der Waals surface area (Å²) >= 11 is 0. The molecule has 36 heavy (non-hydrogen) atoms. The van der Waals surface area contributed by atoms with E-state index in [9.17, 15) is 10.1 Å². The Morgan fingerprint density at radius 1 is 1.00 bits per heavy atom. The number of benzene rings is 2. The van der Waals surface area contributed by atoms with Crippen molar-refractivity contribution in [2.75, 3.05) is 26.2 Å². The second kappa shape index (κ2) is 10.00. The minimum Gasteiger partial charge on any atom is -0.339 e. The second-order valence-electron chi connectivity index (χ2n) is 11.6. The van der Waals surface area contributed by atoms with Gasteiger partial charge in [-0.15, -0.1) is 0 Å². The lowest BCUT2D eigenvalue weighted by Crippen LogP contribution is -2.57. The van der Waals surface area contributed by atoms with Crippen LogP contribution < -0.4 is 10.6 Å². The van der Waals surface area contributed by atoms with Crippen molar-refractivity contribution in [3.8, 4) is 6.07 Å². The molecule has 5 nitrogen and oxygen atoms in total. The summed E-state index contributed by atoms with van der Waals surface area (Å²) in [5.41, 5.74) is 4.32. The van der Waals surface area contributed by atoms with E-state index < -0.39 is 0 Å². The van der Waals surface area contributed by atoms with Crippen LogP contribution in [0.1, 0.15) is 73.1 Å². The standard InChI is InChI=1S/C31H38N4O/c32-17-22-11-12-27-26(15-22)18-33-20-31(27)21-34-19-28(31)30(36)35-14-13-25(23-7-3-1-4-8-23)16-29(35)24-9-5-2-6-10-24/h1,3-4,7-8,11-12,15,24-25,28-29,33-34H,2,5-6,9-10,13-14,16,18-21H2. The highest BCUT2D eigenvalue weighted by Gasteiger charge is 2.52. The Kier molecular flexibility index (Phi) is 6.58. The number of nitriles is 1. The van der Waals surface area contributed by atoms with Gasteiger partial charge in [-0.3, -0.25) is 4.79 Å². The van der Waals surface area contributed by atoms with Crippen LogP contribution in [0.5, 0.6) is 0 Å². The number of nitrogens with one attached hydrogen (secondary N) is 2. The fourth-order valence-corrected chi connectivity index (χ4v) is 7.83. The number of piperidine rings is 1. The molecular weight excluding hydrogens is 444 g/mol. The highest BCUT2D eigenvalue weighted by molar-refractivity contribution is 5.82. The third-order valence-electron chi connectivity index (χ3n) is 9.67. The van der Waals surface area contributed by atoms with Crippen LogP contribution in [-0.4, -0.2) is 43.0 Å². The molecule has 0 radical (unpaired) electrons. The maximum atomic E-state index is 14.5. The molecular formula is C31H38N4O. The first kappa shape index (κ1) is 23.7. The molecule has 5 heteroatoms. The first-order valence-electron chi connectivity index (χ1n) is 14.0. The lowest BCUT2D eigenvalue weighted by atomic mass is 9.67. The molecule has 2 saturated heterocycles. The molecule has 4 aliphatic rings. The summed E-state index contributed by atoms with van der Waals surface area (Å²) in [6, 6.07) is 19.7. The van der Waals surface area contributed by atoms with Crippen molar-refractivity contribution in [3.63, 3.8) is 0 Å². The smallest absolute Gasteiger partial charge is 0.228 e. The average Bonchev–Trinajstić information content (AvgIpc) is 3.37. The number of carbonyl (C=O) groups is 1. The van der Waals surface area contributed by atoms with Gasteiger partial charge in [-0.25, -0.2) is 0 Å². The van der Waals surface area contributed by atoms with Crippen LogP contribution in [0.4, 0.5) is 0 Å². The molecule has 3 fully saturated rings. The van der Waals surface area contributed by atoms with Gasteiger partial charge in [0.05, 0.1) is 17.6 Å². The zero-order valence-corrected chi connectivity index (χ0v) is 21.2. The number of hydrogen-bond donors (Lipinski definition) is 2. The zero-order chi connectivity index (χ0) is 24.5. The summed E-state index contributed by atoms with van der Waals surface area (Å²) in [4.78, 5) is 16.8. The van der Waals surface area contributed by atoms with E-state index in [2.05, 4.69) is 58.0 Å². The minimum atomic E-state index is -0.244. The predicted molar refractivity (Wildman–Crippen MR) is 141 cm³/mol. The third kappa shape index (κ3) is 4.15. The van der Waals surface area contributed by atoms with Crippen LogP contribution in [0.2, 0.25) is 0 Å². The zero-order valence-electron chi connectivity index (χ0n) is 21.2. The Morgan fingerprint density at radius 3 is 2.61 bits per heavy atom. The first-order valence-corrected chi connectivity index (χ1v) is 14.0. The molecule has 1 saturated carbocycles. The van der Waals surface area contributed by atoms with Crippen molar-refractivity contribution in [1.82, 2.24) is 15.5 Å². The highest BCUT2D eigenvalue weighted by Crippen LogP contribution is 2.44. The number of nitrogens with zero attached hydrogens (tertiary/aromatic N) is 2. The predicted octanol–water partition coefficient (Wildman–Crippen LogP) is 4.47. The first-order chi connectivity index (χ1) is 17.7. The molecule has 0 bridgehead atoms. The molecule has 6 rings (SSSR count). The van der Waals surface area contributed by atoms with Crippen LogP contribution in [0.15, 0.2) is 48.5 Å². The van der Waals surface area contributed by atoms with Crippen molar-refractivity contribution in [2.45, 2.75) is 68.9 Å². The summed E-state index contributed by atoms with van der Waals surface area (Å²) < 4.78 is 0. The molecule has 1 amide bonds. The van der Waals surface area contributed by atoms with E-state index in [-0.39, 0.29) is 11.3 Å². The van der Waals surface area contributed by atoms with Gasteiger partial charge in [-0.1, -0.05) is 55.7 Å². The van der Waals surface area contributed by atoms with Gasteiger partial charge in [0.2, 0.25) is 5.91 Å². The van der Waals surface area contributed by atoms with Crippen molar-refractivity contribution in [1.29, 1.82) is 5.26 Å². The summed E-state index contributed by atoms with van der Waals surface area (Å²) in [6.45, 7) is 3.98. The van der Waals surface area contributed by atoms with Gasteiger partial charge in [0.1, 0.15) is 0 Å². The topological polar surface area (TPSA) is 68.2 Å². The van der Waals surface area contributed by atoms with Crippen LogP contribution in [0.25, 0.3) is 0 Å². The lowest BCUT2D eigenvalue weighted by Gasteiger charge is -2.48. The molecule has 4 atom stereocenters. The SMILES string of the molecule is N#Cc1ccc2c(c1)CNCC21CNCC1C(=O)N1CCC(c2ccccc2)CC1C1CCCCC1. The van der Waals surface area contributed by atoms with E-state index in [1.807, 2.05) is 12.1 Å². The summed E-state index contributed by atoms with van der Waals surface area (Å²) in [5.74, 6) is 1.44. The fourth-order valence-electron chi connectivity index (χ4n) is 7.83. The average molecular weight is 483 g/mol. The van der Waals surface area contributed by atoms with Crippen molar-refractivity contribution >= 4 is 5.91 Å². The van der Waals surface area contributed by atoms with Crippen molar-refractivity contribution in [3.05, 3.63) is 70.8 Å². The normalized spacial score (nSPS) is 30.6. The monoisotopic (exact) mass is 482 g/mol. The third-order valence-corrected chi connectivity index (χ3v) is 9.67. The maximum Gasteiger partial charge on any atom is 0.228 e. The summed E-state index contributed by atoms with van der Waals surface area (Å²) in [5, 5.41) is 16.6. The number of amides is 1. The largest absolute Gasteiger partial charge is 0.339 e. The number of hydrogen-bond acceptors (Lipinski definition) is 4. The Bertz CT molecular complexity index is 1140. The van der Waals surface area contributed by atoms with Gasteiger partial charge >= 0.3 is 0 Å². The number of carbonyl (C=O) groups excluding carboxylic acids is 1. The van der Waals surface area contributed by atoms with Gasteiger partial charge in [0.25, 0.3) is 0 Å². The van der Waals surface area contributed by atoms with Crippen LogP contribution >= 0.6 is 0 Å². The lowest BCUT2D eigenvalue weighted by molar-refractivity contribution is -0.142. The molecule has 2 aromatic carbocycles. The van der Waals surface area contributed by atoms with E-state index in [0.717, 1.165) is 45.6 Å². The van der Waals surface area contributed by atoms with Crippen LogP contribution in [-0.2, 0) is 16.8 Å². The van der Waals surface area contributed by atoms with Crippen molar-refractivity contribution in [2.24, 2.45) is 11.8 Å². The van der Waals surface area contributed by atoms with E-state index in [4.69, 9.17) is 0 Å². The number of fused-ring (bicyclic) bond motifs is 2. The molecule has 1 spiro atoms. The van der Waals surface area contributed by atoms with E-state index >= 15 is 0 Å². The van der Waals surface area contributed by atoms with Gasteiger partial charge in [0.15, 0.2) is 0 Å². The fraction of sp³-hybridized carbons (Fsp3) is 0.548. The summed E-state index contributed by atoms with van der Waals surface area (Å²) in [7, 11) is 0. The molecule has 2 N–H and O–H groups in total.